The first-order valence-electron chi connectivity index (χ1n) is 40.3. The van der Waals surface area contributed by atoms with Gasteiger partial charge >= 0.3 is 5.97 Å². The smallest absolute Gasteiger partial charge is 0.305 e. The highest BCUT2D eigenvalue weighted by Crippen LogP contribution is 2.26. The van der Waals surface area contributed by atoms with Crippen LogP contribution in [0.3, 0.4) is 0 Å². The molecule has 18 N–H and O–H groups in total. The number of aliphatic carboxylic acids is 1. The van der Waals surface area contributed by atoms with Crippen LogP contribution in [0, 0.1) is 23.7 Å². The minimum atomic E-state index is -1.91. The molecule has 39 nitrogen and oxygen atoms in total. The molecule has 7 rings (SSSR count). The van der Waals surface area contributed by atoms with E-state index in [0.29, 0.717) is 39.4 Å². The number of aliphatic hydroxyl groups is 1. The van der Waals surface area contributed by atoms with E-state index in [1.54, 1.807) is 93.6 Å². The molecular weight excluding hydrogens is 1610 g/mol. The van der Waals surface area contributed by atoms with Gasteiger partial charge in [-0.15, -0.1) is 11.8 Å². The third-order valence-electron chi connectivity index (χ3n) is 21.2. The Morgan fingerprint density at radius 3 is 1.70 bits per heavy atom. The number of rotatable bonds is 19. The maximum atomic E-state index is 14.8. The number of carboxylic acid groups (broad SMARTS) is 1. The zero-order chi connectivity index (χ0) is 89.2. The summed E-state index contributed by atoms with van der Waals surface area (Å²) in [5, 5.41) is 48.2. The summed E-state index contributed by atoms with van der Waals surface area (Å²) in [6.45, 7) is 10.6. The number of nitrogens with one attached hydrogen (secondary N) is 12. The second-order valence-electron chi connectivity index (χ2n) is 31.5. The standard InChI is InChI=1S/C80H115N19O20S2/c1-11-47-29-61(102)70(46(8)100)94-74(113)50(30-60(101)44(6)86-63(104)35-96(10)64(105)22-23-81)36-120-38-65(106)97-25-26-98(41-95(9)40-97)66(107)39-121-37-58(71(82)110)91-78(117)59-21-16-24-99(59)80(119)69(43(4)5)93-76(115)55(27-48-32-83-53-19-14-12-17-51(48)53)88-62(103)34-85-75(114)57(31-67(108)109)90-79(118)68(42(2)3)92-77(116)56(89-72(111)45(7)87-73(47)112)28-49-33-84-54-20-15-13-18-52(49)54/h12-15,17-20,32-33,42-47,50,55-59,68-70,83-84,100H,11,16,21-31,34-41,81H2,1-10H3,(H2,82,110)(H,85,114)(H,86,104)(H,87,112)(H,88,103)(H,89,111)(H,90,118)(H,91,117)(H,92,116)(H,93,115)(H,94,113)(H,108,109)/t44-,45-,46+,47+,50-,55-,56-,57-,58-,59-,68-,69-,70-/m0/s1. The number of primary amides is 1. The maximum absolute atomic E-state index is 14.8. The Balaban J connectivity index is 1.18. The first-order chi connectivity index (χ1) is 57.3. The van der Waals surface area contributed by atoms with E-state index in [9.17, 15) is 96.5 Å². The lowest BCUT2D eigenvalue weighted by molar-refractivity contribution is -0.143. The molecule has 3 aliphatic rings. The number of nitrogens with zero attached hydrogens (tertiary/aromatic N) is 5. The second-order valence-corrected chi connectivity index (χ2v) is 33.5. The molecule has 0 aliphatic carbocycles. The molecule has 121 heavy (non-hydrogen) atoms. The molecule has 13 atom stereocenters. The second kappa shape index (κ2) is 46.1. The average molecular weight is 1730 g/mol. The van der Waals surface area contributed by atoms with Gasteiger partial charge < -0.3 is 104 Å². The van der Waals surface area contributed by atoms with E-state index in [2.05, 4.69) is 63.1 Å². The fourth-order valence-corrected chi connectivity index (χ4v) is 16.1. The van der Waals surface area contributed by atoms with Crippen molar-refractivity contribution in [3.05, 3.63) is 72.1 Å². The average Bonchev–Trinajstić information content (AvgIpc) is 1.72. The van der Waals surface area contributed by atoms with E-state index in [1.807, 2.05) is 0 Å². The highest BCUT2D eigenvalue weighted by atomic mass is 32.2. The Morgan fingerprint density at radius 2 is 1.16 bits per heavy atom. The molecule has 2 aromatic heterocycles. The van der Waals surface area contributed by atoms with Gasteiger partial charge in [-0.1, -0.05) is 71.0 Å². The molecule has 662 valence electrons. The number of carbonyl (C=O) groups is 18. The van der Waals surface area contributed by atoms with Crippen LogP contribution in [0.25, 0.3) is 21.8 Å². The number of nitrogens with two attached hydrogens (primary N) is 2. The fraction of sp³-hybridized carbons (Fsp3) is 0.575. The monoisotopic (exact) mass is 1730 g/mol. The zero-order valence-electron chi connectivity index (χ0n) is 69.7. The number of thioether (sulfide) groups is 2. The SMILES string of the molecule is CC[C@@H]1CC(=O)[C@H]([C@@H](C)O)NC(=O)[C@@H](CC(=O)[C@H](C)NC(=O)CN(C)C(=O)CCN)CSCC(=O)N2CCN(CN(C)C2)C(=O)CSC[C@@H](C(N)=O)NC(=O)[C@@H]2CCCN2C(=O)[C@H](C(C)C)NC(=O)[C@H](Cc2c[nH]c3ccccc23)NC(=O)CNC(=O)[C@H](CC(=O)O)NC(=O)[C@H](C(C)C)NC(=O)[C@H](Cc2c[nH]c3ccccc23)NC(=O)[C@H](C)NC1=O. The van der Waals surface area contributed by atoms with Gasteiger partial charge in [0.2, 0.25) is 88.6 Å². The highest BCUT2D eigenvalue weighted by molar-refractivity contribution is 8.00. The summed E-state index contributed by atoms with van der Waals surface area (Å²) in [5.74, 6) is -20.2. The largest absolute Gasteiger partial charge is 0.481 e. The van der Waals surface area contributed by atoms with Gasteiger partial charge in [0.05, 0.1) is 62.4 Å². The molecule has 2 aromatic carbocycles. The van der Waals surface area contributed by atoms with Crippen molar-refractivity contribution >= 4 is 151 Å². The van der Waals surface area contributed by atoms with Crippen molar-refractivity contribution in [3.8, 4) is 0 Å². The predicted molar refractivity (Wildman–Crippen MR) is 447 cm³/mol. The Labute approximate surface area is 708 Å². The van der Waals surface area contributed by atoms with Crippen LogP contribution in [0.5, 0.6) is 0 Å². The van der Waals surface area contributed by atoms with Gasteiger partial charge in [-0.2, -0.15) is 11.8 Å². The molecular formula is C80H115N19O20S2. The first kappa shape index (κ1) is 97.1. The molecule has 0 unspecified atom stereocenters. The zero-order valence-corrected chi connectivity index (χ0v) is 71.4. The molecule has 3 aliphatic heterocycles. The van der Waals surface area contributed by atoms with Crippen LogP contribution in [0.15, 0.2) is 60.9 Å². The molecule has 0 saturated carbocycles. The van der Waals surface area contributed by atoms with E-state index in [4.69, 9.17) is 11.5 Å². The van der Waals surface area contributed by atoms with Crippen molar-refractivity contribution in [2.75, 3.05) is 89.7 Å². The summed E-state index contributed by atoms with van der Waals surface area (Å²) in [5.41, 5.74) is 13.7. The van der Waals surface area contributed by atoms with Crippen LogP contribution in [0.1, 0.15) is 111 Å². The Kier molecular flexibility index (Phi) is 37.0. The van der Waals surface area contributed by atoms with Gasteiger partial charge in [-0.3, -0.25) is 91.2 Å². The van der Waals surface area contributed by atoms with Crippen LogP contribution in [0.2, 0.25) is 0 Å². The topological polar surface area (TPSA) is 568 Å². The number of likely N-dealkylation sites (N-methyl/N-ethyl adjacent to an activating group) is 1. The number of para-hydroxylation sites is 2. The lowest BCUT2D eigenvalue weighted by Crippen LogP contribution is -2.60. The van der Waals surface area contributed by atoms with Crippen molar-refractivity contribution in [1.29, 1.82) is 0 Å². The molecule has 0 spiro atoms. The number of aromatic nitrogens is 2. The number of amides is 15. The van der Waals surface area contributed by atoms with Gasteiger partial charge in [0, 0.05) is 117 Å². The molecule has 3 fully saturated rings. The molecule has 4 aromatic rings. The number of aliphatic hydroxyl groups excluding tert-OH is 1. The summed E-state index contributed by atoms with van der Waals surface area (Å²) in [4.78, 5) is 265. The number of fused-ring (bicyclic) bond motifs is 6. The van der Waals surface area contributed by atoms with Crippen LogP contribution in [-0.4, -0.2) is 307 Å². The van der Waals surface area contributed by atoms with Crippen molar-refractivity contribution in [2.45, 2.75) is 180 Å². The number of aromatic amines is 2. The maximum Gasteiger partial charge on any atom is 0.305 e. The molecule has 3 saturated heterocycles. The molecule has 41 heteroatoms. The summed E-state index contributed by atoms with van der Waals surface area (Å²) in [7, 11) is 3.03. The van der Waals surface area contributed by atoms with E-state index in [1.165, 1.54) is 56.4 Å². The fourth-order valence-electron chi connectivity index (χ4n) is 14.2. The number of Topliss-reactive ketones (excluding diaryl/α,β-unsaturated/α-hetero) is 2. The van der Waals surface area contributed by atoms with Crippen LogP contribution in [-0.2, 0) is 99.1 Å². The normalized spacial score (nSPS) is 24.6. The van der Waals surface area contributed by atoms with Crippen LogP contribution < -0.4 is 64.6 Å². The summed E-state index contributed by atoms with van der Waals surface area (Å²) >= 11 is 1.93. The number of H-pyrrole nitrogens is 2. The van der Waals surface area contributed by atoms with Gasteiger partial charge in [0.1, 0.15) is 54.4 Å². The lowest BCUT2D eigenvalue weighted by Gasteiger charge is -2.32. The third-order valence-corrected chi connectivity index (χ3v) is 23.3. The number of benzene rings is 2. The van der Waals surface area contributed by atoms with Crippen LogP contribution >= 0.6 is 23.5 Å². The lowest BCUT2D eigenvalue weighted by atomic mass is 9.92. The number of hydrogen-bond donors (Lipinski definition) is 16. The number of ketones is 2. The van der Waals surface area contributed by atoms with Crippen molar-refractivity contribution < 1.29 is 96.5 Å². The number of carboxylic acids is 1. The summed E-state index contributed by atoms with van der Waals surface area (Å²) in [6.07, 6.45) is -0.723. The summed E-state index contributed by atoms with van der Waals surface area (Å²) < 4.78 is 0. The van der Waals surface area contributed by atoms with Gasteiger partial charge in [-0.05, 0) is 82.2 Å². The molecule has 2 bridgehead atoms. The van der Waals surface area contributed by atoms with E-state index in [-0.39, 0.29) is 94.6 Å². The van der Waals surface area contributed by atoms with E-state index < -0.39 is 229 Å². The molecule has 5 heterocycles. The Hall–Kier alpha value is -11.0. The minimum Gasteiger partial charge on any atom is -0.481 e. The van der Waals surface area contributed by atoms with Gasteiger partial charge in [0.25, 0.3) is 0 Å². The summed E-state index contributed by atoms with van der Waals surface area (Å²) in [6, 6.07) is -0.648. The highest BCUT2D eigenvalue weighted by Gasteiger charge is 2.43. The van der Waals surface area contributed by atoms with Crippen LogP contribution in [0.4, 0.5) is 0 Å². The third kappa shape index (κ3) is 28.3. The van der Waals surface area contributed by atoms with Gasteiger partial charge in [-0.25, -0.2) is 0 Å². The van der Waals surface area contributed by atoms with E-state index in [0.717, 1.165) is 28.4 Å². The van der Waals surface area contributed by atoms with E-state index >= 15 is 0 Å². The molecule has 15 amide bonds. The van der Waals surface area contributed by atoms with Crippen molar-refractivity contribution in [2.24, 2.45) is 35.1 Å². The molecule has 0 radical (unpaired) electrons. The van der Waals surface area contributed by atoms with Gasteiger partial charge in [0.15, 0.2) is 11.6 Å². The van der Waals surface area contributed by atoms with Crippen molar-refractivity contribution in [3.63, 3.8) is 0 Å². The quantitative estimate of drug-likeness (QED) is 0.0444. The minimum absolute atomic E-state index is 0.0222. The van der Waals surface area contributed by atoms with Crippen molar-refractivity contribution in [1.82, 2.24) is 87.6 Å². The predicted octanol–water partition coefficient (Wildman–Crippen LogP) is -3.04. The Morgan fingerprint density at radius 1 is 0.620 bits per heavy atom. The number of carbonyl (C=O) groups excluding carboxylic acids is 17. The first-order valence-corrected chi connectivity index (χ1v) is 42.6. The number of hydrogen-bond acceptors (Lipinski definition) is 23. The Bertz CT molecular complexity index is 4440.